The number of hydrogen-bond acceptors (Lipinski definition) is 4. The largest absolute Gasteiger partial charge is 0.265 e. The van der Waals surface area contributed by atoms with Gasteiger partial charge in [0.15, 0.2) is 0 Å². The van der Waals surface area contributed by atoms with Crippen molar-refractivity contribution in [1.82, 2.24) is 15.2 Å². The minimum Gasteiger partial charge on any atom is -0.265 e. The van der Waals surface area contributed by atoms with Gasteiger partial charge in [0, 0.05) is 23.7 Å². The molecule has 110 valence electrons. The lowest BCUT2D eigenvalue weighted by atomic mass is 10.2. The third-order valence-corrected chi connectivity index (χ3v) is 4.72. The minimum absolute atomic E-state index is 0.567. The lowest BCUT2D eigenvalue weighted by Crippen LogP contribution is -1.90. The number of rotatable bonds is 4. The average molecular weight is 348 g/mol. The number of aromatic nitrogens is 3. The topological polar surface area (TPSA) is 38.7 Å². The maximum Gasteiger partial charge on any atom is 0.119 e. The molecule has 0 aliphatic heterocycles. The molecule has 0 atom stereocenters. The summed E-state index contributed by atoms with van der Waals surface area (Å²) in [4.78, 5) is 3.99. The Labute approximate surface area is 142 Å². The fraction of sp³-hybridized carbons (Fsp3) is 0.0625. The van der Waals surface area contributed by atoms with E-state index in [1.165, 1.54) is 0 Å². The Balaban J connectivity index is 1.67. The van der Waals surface area contributed by atoms with Crippen LogP contribution in [-0.4, -0.2) is 15.2 Å². The molecule has 0 fully saturated rings. The summed E-state index contributed by atoms with van der Waals surface area (Å²) in [5, 5.41) is 10.5. The zero-order valence-corrected chi connectivity index (χ0v) is 13.7. The van der Waals surface area contributed by atoms with Gasteiger partial charge in [-0.05, 0) is 42.0 Å². The van der Waals surface area contributed by atoms with Gasteiger partial charge in [-0.3, -0.25) is 4.98 Å². The summed E-state index contributed by atoms with van der Waals surface area (Å²) in [6.07, 6.45) is 3.48. The van der Waals surface area contributed by atoms with Gasteiger partial charge >= 0.3 is 0 Å². The van der Waals surface area contributed by atoms with E-state index in [4.69, 9.17) is 23.2 Å². The van der Waals surface area contributed by atoms with Crippen molar-refractivity contribution in [3.63, 3.8) is 0 Å². The number of hydrogen-bond donors (Lipinski definition) is 0. The Morgan fingerprint density at radius 3 is 2.36 bits per heavy atom. The van der Waals surface area contributed by atoms with E-state index in [0.717, 1.165) is 27.6 Å². The molecule has 3 nitrogen and oxygen atoms in total. The molecule has 0 spiro atoms. The van der Waals surface area contributed by atoms with E-state index in [-0.39, 0.29) is 0 Å². The zero-order valence-electron chi connectivity index (χ0n) is 11.4. The van der Waals surface area contributed by atoms with E-state index in [9.17, 15) is 0 Å². The van der Waals surface area contributed by atoms with Crippen LogP contribution in [0, 0.1) is 0 Å². The third-order valence-electron chi connectivity index (χ3n) is 2.99. The number of pyridine rings is 1. The first-order chi connectivity index (χ1) is 10.7. The Bertz CT molecular complexity index is 764. The van der Waals surface area contributed by atoms with Crippen molar-refractivity contribution >= 4 is 35.0 Å². The summed E-state index contributed by atoms with van der Waals surface area (Å²) in [6, 6.07) is 13.4. The maximum absolute atomic E-state index is 6.01. The molecule has 0 bridgehead atoms. The van der Waals surface area contributed by atoms with Crippen molar-refractivity contribution in [3.8, 4) is 11.3 Å². The van der Waals surface area contributed by atoms with Crippen LogP contribution in [0.15, 0.2) is 59.9 Å². The summed E-state index contributed by atoms with van der Waals surface area (Å²) in [7, 11) is 0. The molecular weight excluding hydrogens is 337 g/mol. The number of halogens is 2. The minimum atomic E-state index is 0.567. The predicted molar refractivity (Wildman–Crippen MR) is 91.3 cm³/mol. The first-order valence-corrected chi connectivity index (χ1v) is 8.27. The summed E-state index contributed by atoms with van der Waals surface area (Å²) in [5.74, 6) is 0.764. The Morgan fingerprint density at radius 2 is 1.68 bits per heavy atom. The molecule has 3 rings (SSSR count). The van der Waals surface area contributed by atoms with Gasteiger partial charge in [0.2, 0.25) is 0 Å². The second-order valence-electron chi connectivity index (χ2n) is 4.53. The van der Waals surface area contributed by atoms with E-state index in [2.05, 4.69) is 15.2 Å². The highest BCUT2D eigenvalue weighted by Crippen LogP contribution is 2.27. The van der Waals surface area contributed by atoms with Crippen molar-refractivity contribution in [2.75, 3.05) is 0 Å². The number of benzene rings is 1. The highest BCUT2D eigenvalue weighted by molar-refractivity contribution is 7.98. The molecule has 22 heavy (non-hydrogen) atoms. The molecule has 0 unspecified atom stereocenters. The fourth-order valence-electron chi connectivity index (χ4n) is 1.86. The van der Waals surface area contributed by atoms with Crippen LogP contribution in [0.25, 0.3) is 11.3 Å². The molecule has 0 saturated heterocycles. The predicted octanol–water partition coefficient (Wildman–Crippen LogP) is 5.14. The van der Waals surface area contributed by atoms with Gasteiger partial charge in [0.25, 0.3) is 0 Å². The highest BCUT2D eigenvalue weighted by Gasteiger charge is 2.04. The SMILES string of the molecule is Clc1ccc(CSc2ccc(-c3ccncc3)nn2)cc1Cl. The van der Waals surface area contributed by atoms with Crippen LogP contribution in [0.2, 0.25) is 10.0 Å². The monoisotopic (exact) mass is 347 g/mol. The van der Waals surface area contributed by atoms with E-state index in [1.807, 2.05) is 36.4 Å². The molecule has 2 aromatic heterocycles. The molecule has 0 aliphatic carbocycles. The Morgan fingerprint density at radius 1 is 0.864 bits per heavy atom. The Hall–Kier alpha value is -1.62. The lowest BCUT2D eigenvalue weighted by Gasteiger charge is -2.04. The summed E-state index contributed by atoms with van der Waals surface area (Å²) in [5.41, 5.74) is 2.93. The van der Waals surface area contributed by atoms with Crippen LogP contribution in [0.1, 0.15) is 5.56 Å². The third kappa shape index (κ3) is 3.77. The molecule has 0 aliphatic rings. The van der Waals surface area contributed by atoms with Crippen LogP contribution in [0.3, 0.4) is 0 Å². The smallest absolute Gasteiger partial charge is 0.119 e. The van der Waals surface area contributed by atoms with Gasteiger partial charge in [0.1, 0.15) is 5.03 Å². The standard InChI is InChI=1S/C16H11Cl2N3S/c17-13-2-1-11(9-14(13)18)10-22-16-4-3-15(20-21-16)12-5-7-19-8-6-12/h1-9H,10H2. The van der Waals surface area contributed by atoms with Crippen molar-refractivity contribution in [2.45, 2.75) is 10.8 Å². The van der Waals surface area contributed by atoms with E-state index in [1.54, 1.807) is 30.2 Å². The second-order valence-corrected chi connectivity index (χ2v) is 6.34. The van der Waals surface area contributed by atoms with Crippen LogP contribution < -0.4 is 0 Å². The highest BCUT2D eigenvalue weighted by atomic mass is 35.5. The summed E-state index contributed by atoms with van der Waals surface area (Å²) >= 11 is 13.5. The van der Waals surface area contributed by atoms with Gasteiger partial charge in [0.05, 0.1) is 15.7 Å². The molecule has 3 aromatic rings. The van der Waals surface area contributed by atoms with Gasteiger partial charge in [-0.25, -0.2) is 0 Å². The molecule has 6 heteroatoms. The molecule has 1 aromatic carbocycles. The maximum atomic E-state index is 6.01. The fourth-order valence-corrected chi connectivity index (χ4v) is 2.94. The quantitative estimate of drug-likeness (QED) is 0.612. The molecule has 0 N–H and O–H groups in total. The normalized spacial score (nSPS) is 10.6. The molecule has 0 radical (unpaired) electrons. The molecule has 2 heterocycles. The van der Waals surface area contributed by atoms with Crippen molar-refractivity contribution in [2.24, 2.45) is 0 Å². The van der Waals surface area contributed by atoms with Crippen molar-refractivity contribution < 1.29 is 0 Å². The molecule has 0 amide bonds. The van der Waals surface area contributed by atoms with Crippen molar-refractivity contribution in [3.05, 3.63) is 70.5 Å². The summed E-state index contributed by atoms with van der Waals surface area (Å²) < 4.78 is 0. The van der Waals surface area contributed by atoms with Gasteiger partial charge in [-0.2, -0.15) is 0 Å². The van der Waals surface area contributed by atoms with Gasteiger partial charge in [-0.15, -0.1) is 10.2 Å². The summed E-state index contributed by atoms with van der Waals surface area (Å²) in [6.45, 7) is 0. The van der Waals surface area contributed by atoms with E-state index in [0.29, 0.717) is 10.0 Å². The van der Waals surface area contributed by atoms with Crippen LogP contribution in [0.4, 0.5) is 0 Å². The molecular formula is C16H11Cl2N3S. The second kappa shape index (κ2) is 7.09. The Kier molecular flexibility index (Phi) is 4.93. The first-order valence-electron chi connectivity index (χ1n) is 6.53. The number of thioether (sulfide) groups is 1. The van der Waals surface area contributed by atoms with Gasteiger partial charge < -0.3 is 0 Å². The zero-order chi connectivity index (χ0) is 15.4. The first kappa shape index (κ1) is 15.3. The van der Waals surface area contributed by atoms with E-state index >= 15 is 0 Å². The average Bonchev–Trinajstić information content (AvgIpc) is 2.57. The van der Waals surface area contributed by atoms with Gasteiger partial charge in [-0.1, -0.05) is 41.0 Å². The van der Waals surface area contributed by atoms with Crippen molar-refractivity contribution in [1.29, 1.82) is 0 Å². The lowest BCUT2D eigenvalue weighted by molar-refractivity contribution is 0.935. The molecule has 0 saturated carbocycles. The van der Waals surface area contributed by atoms with Crippen LogP contribution in [0.5, 0.6) is 0 Å². The van der Waals surface area contributed by atoms with E-state index < -0.39 is 0 Å². The number of nitrogens with zero attached hydrogens (tertiary/aromatic N) is 3. The van der Waals surface area contributed by atoms with Crippen LogP contribution in [-0.2, 0) is 5.75 Å². The van der Waals surface area contributed by atoms with Crippen LogP contribution >= 0.6 is 35.0 Å².